The van der Waals surface area contributed by atoms with E-state index in [1.807, 2.05) is 0 Å². The van der Waals surface area contributed by atoms with Gasteiger partial charge in [-0.2, -0.15) is 5.10 Å². The first-order valence-corrected chi connectivity index (χ1v) is 9.69. The van der Waals surface area contributed by atoms with Crippen LogP contribution in [0, 0.1) is 5.82 Å². The molecule has 0 spiro atoms. The summed E-state index contributed by atoms with van der Waals surface area (Å²) in [6.45, 7) is 0.126. The average molecular weight is 435 g/mol. The van der Waals surface area contributed by atoms with Crippen molar-refractivity contribution in [1.29, 1.82) is 0 Å². The fourth-order valence-electron chi connectivity index (χ4n) is 3.19. The Labute approximate surface area is 180 Å². The Morgan fingerprint density at radius 1 is 1.12 bits per heavy atom. The summed E-state index contributed by atoms with van der Waals surface area (Å²) in [4.78, 5) is 36.9. The minimum Gasteiger partial charge on any atom is -0.493 e. The van der Waals surface area contributed by atoms with Crippen molar-refractivity contribution >= 4 is 16.9 Å². The summed E-state index contributed by atoms with van der Waals surface area (Å²) in [5.74, 6) is -0.620. The molecular weight excluding hydrogens is 417 g/mol. The predicted molar refractivity (Wildman–Crippen MR) is 115 cm³/mol. The SMILES string of the molecule is COc1cccc2cc(C(=O)NCCn3nc(-c4ccc(F)cc4)ccc3=O)c(=O)oc12. The van der Waals surface area contributed by atoms with Gasteiger partial charge in [0, 0.05) is 23.6 Å². The van der Waals surface area contributed by atoms with Crippen molar-refractivity contribution in [2.75, 3.05) is 13.7 Å². The second-order valence-corrected chi connectivity index (χ2v) is 6.87. The van der Waals surface area contributed by atoms with E-state index in [-0.39, 0.29) is 35.6 Å². The highest BCUT2D eigenvalue weighted by Gasteiger charge is 2.15. The fourth-order valence-corrected chi connectivity index (χ4v) is 3.19. The molecule has 0 saturated carbocycles. The van der Waals surface area contributed by atoms with Crippen molar-refractivity contribution in [2.45, 2.75) is 6.54 Å². The molecule has 9 heteroatoms. The molecule has 1 amide bonds. The second-order valence-electron chi connectivity index (χ2n) is 6.87. The summed E-state index contributed by atoms with van der Waals surface area (Å²) < 4.78 is 24.7. The fraction of sp³-hybridized carbons (Fsp3) is 0.130. The molecule has 1 N–H and O–H groups in total. The topological polar surface area (TPSA) is 103 Å². The summed E-state index contributed by atoms with van der Waals surface area (Å²) in [5.41, 5.74) is 0.0694. The second kappa shape index (κ2) is 8.84. The van der Waals surface area contributed by atoms with Crippen LogP contribution in [0.15, 0.2) is 74.7 Å². The molecule has 0 aliphatic rings. The number of fused-ring (bicyclic) bond motifs is 1. The molecule has 0 radical (unpaired) electrons. The lowest BCUT2D eigenvalue weighted by Gasteiger charge is -2.09. The van der Waals surface area contributed by atoms with E-state index in [4.69, 9.17) is 9.15 Å². The van der Waals surface area contributed by atoms with Gasteiger partial charge in [-0.25, -0.2) is 13.9 Å². The predicted octanol–water partition coefficient (Wildman–Crippen LogP) is 2.59. The van der Waals surface area contributed by atoms with Crippen molar-refractivity contribution in [2.24, 2.45) is 0 Å². The minimum absolute atomic E-state index is 0.0498. The van der Waals surface area contributed by atoms with Crippen LogP contribution in [0.3, 0.4) is 0 Å². The number of nitrogens with one attached hydrogen (secondary N) is 1. The molecule has 0 saturated heterocycles. The van der Waals surface area contributed by atoms with Crippen molar-refractivity contribution in [3.05, 3.63) is 92.8 Å². The van der Waals surface area contributed by atoms with Crippen molar-refractivity contribution < 1.29 is 18.3 Å². The Morgan fingerprint density at radius 3 is 2.66 bits per heavy atom. The molecule has 32 heavy (non-hydrogen) atoms. The molecule has 0 fully saturated rings. The van der Waals surface area contributed by atoms with Crippen LogP contribution in [0.1, 0.15) is 10.4 Å². The zero-order valence-electron chi connectivity index (χ0n) is 17.0. The van der Waals surface area contributed by atoms with E-state index in [1.54, 1.807) is 36.4 Å². The Balaban J connectivity index is 1.49. The summed E-state index contributed by atoms with van der Waals surface area (Å²) in [6, 6.07) is 15.1. The number of halogens is 1. The van der Waals surface area contributed by atoms with Gasteiger partial charge in [-0.1, -0.05) is 12.1 Å². The van der Waals surface area contributed by atoms with Gasteiger partial charge in [0.15, 0.2) is 11.3 Å². The maximum atomic E-state index is 13.1. The van der Waals surface area contributed by atoms with E-state index in [0.29, 0.717) is 22.4 Å². The van der Waals surface area contributed by atoms with Crippen LogP contribution >= 0.6 is 0 Å². The van der Waals surface area contributed by atoms with E-state index in [1.165, 1.54) is 36.1 Å². The molecule has 4 aromatic rings. The molecule has 0 unspecified atom stereocenters. The van der Waals surface area contributed by atoms with Gasteiger partial charge in [0.2, 0.25) is 0 Å². The number of carbonyl (C=O) groups excluding carboxylic acids is 1. The van der Waals surface area contributed by atoms with Crippen LogP contribution in [0.2, 0.25) is 0 Å². The van der Waals surface area contributed by atoms with Gasteiger partial charge in [0.05, 0.1) is 19.3 Å². The number of ether oxygens (including phenoxy) is 1. The monoisotopic (exact) mass is 435 g/mol. The molecule has 0 aliphatic heterocycles. The van der Waals surface area contributed by atoms with Crippen LogP contribution in [0.5, 0.6) is 5.75 Å². The van der Waals surface area contributed by atoms with E-state index in [0.717, 1.165) is 0 Å². The highest BCUT2D eigenvalue weighted by atomic mass is 19.1. The van der Waals surface area contributed by atoms with Gasteiger partial charge in [-0.15, -0.1) is 0 Å². The molecule has 2 heterocycles. The van der Waals surface area contributed by atoms with Crippen molar-refractivity contribution in [3.8, 4) is 17.0 Å². The van der Waals surface area contributed by atoms with E-state index < -0.39 is 11.5 Å². The Bertz CT molecular complexity index is 1410. The number of methoxy groups -OCH3 is 1. The highest BCUT2D eigenvalue weighted by Crippen LogP contribution is 2.24. The first-order valence-electron chi connectivity index (χ1n) is 9.69. The number of amides is 1. The van der Waals surface area contributed by atoms with Crippen LogP contribution in [-0.4, -0.2) is 29.3 Å². The minimum atomic E-state index is -0.798. The lowest BCUT2D eigenvalue weighted by atomic mass is 10.1. The van der Waals surface area contributed by atoms with E-state index >= 15 is 0 Å². The van der Waals surface area contributed by atoms with Crippen molar-refractivity contribution in [3.63, 3.8) is 0 Å². The van der Waals surface area contributed by atoms with Crippen molar-refractivity contribution in [1.82, 2.24) is 15.1 Å². The third kappa shape index (κ3) is 4.27. The third-order valence-corrected chi connectivity index (χ3v) is 4.80. The Kier molecular flexibility index (Phi) is 5.80. The van der Waals surface area contributed by atoms with Gasteiger partial charge in [-0.05, 0) is 42.5 Å². The molecule has 2 aromatic carbocycles. The number of carbonyl (C=O) groups is 1. The molecule has 2 aromatic heterocycles. The van der Waals surface area contributed by atoms with Gasteiger partial charge < -0.3 is 14.5 Å². The zero-order valence-corrected chi connectivity index (χ0v) is 17.0. The quantitative estimate of drug-likeness (QED) is 0.467. The van der Waals surface area contributed by atoms with E-state index in [9.17, 15) is 18.8 Å². The van der Waals surface area contributed by atoms with Gasteiger partial charge in [-0.3, -0.25) is 9.59 Å². The van der Waals surface area contributed by atoms with Crippen LogP contribution in [0.25, 0.3) is 22.2 Å². The number of hydrogen-bond acceptors (Lipinski definition) is 6. The number of aromatic nitrogens is 2. The summed E-state index contributed by atoms with van der Waals surface area (Å²) in [7, 11) is 1.45. The standard InChI is InChI=1S/C23H18FN3O5/c1-31-19-4-2-3-15-13-17(23(30)32-21(15)19)22(29)25-11-12-27-20(28)10-9-18(26-27)14-5-7-16(24)8-6-14/h2-10,13H,11-12H2,1H3,(H,25,29). The van der Waals surface area contributed by atoms with E-state index in [2.05, 4.69) is 10.4 Å². The van der Waals surface area contributed by atoms with Gasteiger partial charge in [0.25, 0.3) is 11.5 Å². The maximum Gasteiger partial charge on any atom is 0.349 e. The average Bonchev–Trinajstić information content (AvgIpc) is 2.80. The number of hydrogen-bond donors (Lipinski definition) is 1. The summed E-state index contributed by atoms with van der Waals surface area (Å²) >= 11 is 0. The first kappa shape index (κ1) is 21.0. The lowest BCUT2D eigenvalue weighted by Crippen LogP contribution is -2.33. The molecule has 162 valence electrons. The molecule has 0 atom stereocenters. The normalized spacial score (nSPS) is 10.8. The molecule has 4 rings (SSSR count). The third-order valence-electron chi connectivity index (χ3n) is 4.80. The number of para-hydroxylation sites is 1. The van der Waals surface area contributed by atoms with Gasteiger partial charge >= 0.3 is 5.63 Å². The number of nitrogens with zero attached hydrogens (tertiary/aromatic N) is 2. The number of rotatable bonds is 6. The van der Waals surface area contributed by atoms with Crippen LogP contribution < -0.4 is 21.2 Å². The van der Waals surface area contributed by atoms with Gasteiger partial charge in [0.1, 0.15) is 11.4 Å². The molecule has 0 aliphatic carbocycles. The molecule has 8 nitrogen and oxygen atoms in total. The Morgan fingerprint density at radius 2 is 1.91 bits per heavy atom. The summed E-state index contributed by atoms with van der Waals surface area (Å²) in [5, 5.41) is 7.39. The lowest BCUT2D eigenvalue weighted by molar-refractivity contribution is 0.0948. The van der Waals surface area contributed by atoms with Crippen LogP contribution in [0.4, 0.5) is 4.39 Å². The largest absolute Gasteiger partial charge is 0.493 e. The smallest absolute Gasteiger partial charge is 0.349 e. The highest BCUT2D eigenvalue weighted by molar-refractivity contribution is 5.97. The molecule has 0 bridgehead atoms. The Hall–Kier alpha value is -4.27. The van der Waals surface area contributed by atoms with Crippen LogP contribution in [-0.2, 0) is 6.54 Å². The molecular formula is C23H18FN3O5. The first-order chi connectivity index (χ1) is 15.5. The zero-order chi connectivity index (χ0) is 22.7. The maximum absolute atomic E-state index is 13.1. The summed E-state index contributed by atoms with van der Waals surface area (Å²) in [6.07, 6.45) is 0. The number of benzene rings is 2.